The van der Waals surface area contributed by atoms with Crippen LogP contribution in [0.15, 0.2) is 42.5 Å². The van der Waals surface area contributed by atoms with Crippen LogP contribution in [0.4, 0.5) is 15.8 Å². The topological polar surface area (TPSA) is 41.1 Å². The summed E-state index contributed by atoms with van der Waals surface area (Å²) in [7, 11) is 0. The first kappa shape index (κ1) is 17.0. The van der Waals surface area contributed by atoms with E-state index in [0.717, 1.165) is 29.7 Å². The third-order valence-corrected chi connectivity index (χ3v) is 3.80. The summed E-state index contributed by atoms with van der Waals surface area (Å²) in [4.78, 5) is 12.2. The molecule has 0 aromatic heterocycles. The molecule has 2 rings (SSSR count). The summed E-state index contributed by atoms with van der Waals surface area (Å²) in [6.45, 7) is 4.54. The van der Waals surface area contributed by atoms with Crippen molar-refractivity contribution in [1.82, 2.24) is 0 Å². The van der Waals surface area contributed by atoms with Crippen LogP contribution in [0, 0.1) is 5.82 Å². The number of hydrogen-bond donors (Lipinski definition) is 2. The van der Waals surface area contributed by atoms with Crippen molar-refractivity contribution in [2.24, 2.45) is 0 Å². The van der Waals surface area contributed by atoms with Gasteiger partial charge in [0.05, 0.1) is 5.69 Å². The molecule has 0 atom stereocenters. The Morgan fingerprint density at radius 2 is 1.65 bits per heavy atom. The lowest BCUT2D eigenvalue weighted by atomic mass is 10.0. The van der Waals surface area contributed by atoms with Crippen LogP contribution >= 0.6 is 0 Å². The molecule has 2 N–H and O–H groups in total. The Bertz CT molecular complexity index is 648. The number of aryl methyl sites for hydroxylation is 2. The fourth-order valence-corrected chi connectivity index (χ4v) is 2.52. The van der Waals surface area contributed by atoms with Crippen LogP contribution in [0.5, 0.6) is 0 Å². The molecule has 4 heteroatoms. The lowest BCUT2D eigenvalue weighted by molar-refractivity contribution is -0.116. The Morgan fingerprint density at radius 3 is 2.26 bits per heavy atom. The maximum Gasteiger partial charge on any atom is 0.226 e. The third-order valence-electron chi connectivity index (χ3n) is 3.80. The van der Waals surface area contributed by atoms with Crippen molar-refractivity contribution in [1.29, 1.82) is 0 Å². The summed E-state index contributed by atoms with van der Waals surface area (Å²) in [5, 5.41) is 5.96. The highest BCUT2D eigenvalue weighted by molar-refractivity contribution is 5.92. The second kappa shape index (κ2) is 8.32. The van der Waals surface area contributed by atoms with Gasteiger partial charge in [-0.2, -0.15) is 0 Å². The largest absolute Gasteiger partial charge is 0.382 e. The molecule has 2 aromatic rings. The van der Waals surface area contributed by atoms with E-state index in [1.54, 1.807) is 18.2 Å². The summed E-state index contributed by atoms with van der Waals surface area (Å²) >= 11 is 0. The van der Waals surface area contributed by atoms with E-state index in [0.29, 0.717) is 12.2 Å². The van der Waals surface area contributed by atoms with E-state index in [1.807, 2.05) is 18.2 Å². The van der Waals surface area contributed by atoms with Crippen molar-refractivity contribution >= 4 is 17.3 Å². The minimum absolute atomic E-state index is 0.0653. The van der Waals surface area contributed by atoms with Gasteiger partial charge < -0.3 is 10.6 Å². The zero-order chi connectivity index (χ0) is 16.7. The zero-order valence-electron chi connectivity index (χ0n) is 13.7. The Balaban J connectivity index is 1.94. The monoisotopic (exact) mass is 314 g/mol. The highest BCUT2D eigenvalue weighted by Gasteiger charge is 2.10. The van der Waals surface area contributed by atoms with Crippen molar-refractivity contribution < 1.29 is 9.18 Å². The molecular weight excluding hydrogens is 291 g/mol. The predicted octanol–water partition coefficient (Wildman–Crippen LogP) is 4.39. The van der Waals surface area contributed by atoms with Crippen LogP contribution in [0.1, 0.15) is 31.4 Å². The maximum absolute atomic E-state index is 13.5. The van der Waals surface area contributed by atoms with Gasteiger partial charge in [0.25, 0.3) is 0 Å². The zero-order valence-corrected chi connectivity index (χ0v) is 13.7. The van der Waals surface area contributed by atoms with E-state index in [9.17, 15) is 9.18 Å². The number of benzene rings is 2. The van der Waals surface area contributed by atoms with Crippen LogP contribution in [-0.2, 0) is 17.6 Å². The Hall–Kier alpha value is -2.36. The molecule has 0 bridgehead atoms. The molecule has 0 saturated carbocycles. The minimum Gasteiger partial charge on any atom is -0.382 e. The summed E-state index contributed by atoms with van der Waals surface area (Å²) < 4.78 is 13.5. The summed E-state index contributed by atoms with van der Waals surface area (Å²) in [5.74, 6) is -0.373. The smallest absolute Gasteiger partial charge is 0.226 e. The minimum atomic E-state index is -0.308. The van der Waals surface area contributed by atoms with Crippen LogP contribution < -0.4 is 10.6 Å². The molecular formula is C19H23FN2O. The molecule has 1 amide bonds. The molecule has 0 saturated heterocycles. The van der Waals surface area contributed by atoms with E-state index < -0.39 is 0 Å². The lowest BCUT2D eigenvalue weighted by Crippen LogP contribution is -2.18. The molecule has 3 nitrogen and oxygen atoms in total. The Kier molecular flexibility index (Phi) is 6.15. The summed E-state index contributed by atoms with van der Waals surface area (Å²) in [6.07, 6.45) is 2.03. The van der Waals surface area contributed by atoms with Gasteiger partial charge in [0.15, 0.2) is 0 Å². The summed E-state index contributed by atoms with van der Waals surface area (Å²) in [6, 6.07) is 12.5. The lowest BCUT2D eigenvalue weighted by Gasteiger charge is -2.14. The number of rotatable bonds is 7. The number of amides is 1. The van der Waals surface area contributed by atoms with Gasteiger partial charge in [-0.1, -0.05) is 44.2 Å². The van der Waals surface area contributed by atoms with Crippen molar-refractivity contribution in [3.05, 3.63) is 59.4 Å². The Morgan fingerprint density at radius 1 is 1.00 bits per heavy atom. The summed E-state index contributed by atoms with van der Waals surface area (Å²) in [5.41, 5.74) is 3.62. The normalized spacial score (nSPS) is 10.4. The number of nitrogens with one attached hydrogen (secondary N) is 2. The number of halogens is 1. The second-order valence-electron chi connectivity index (χ2n) is 5.36. The first-order valence-corrected chi connectivity index (χ1v) is 8.04. The number of carbonyl (C=O) groups is 1. The van der Waals surface area contributed by atoms with Gasteiger partial charge in [-0.3, -0.25) is 4.79 Å². The van der Waals surface area contributed by atoms with Crippen LogP contribution in [0.2, 0.25) is 0 Å². The van der Waals surface area contributed by atoms with Gasteiger partial charge in [0, 0.05) is 18.7 Å². The molecule has 0 aliphatic rings. The molecule has 122 valence electrons. The van der Waals surface area contributed by atoms with E-state index in [2.05, 4.69) is 24.5 Å². The molecule has 0 heterocycles. The fraction of sp³-hybridized carbons (Fsp3) is 0.316. The van der Waals surface area contributed by atoms with Crippen molar-refractivity contribution in [2.75, 3.05) is 17.2 Å². The SMILES string of the molecule is CCc1cccc(CC)c1NC(=O)CCNc1ccccc1F. The first-order valence-electron chi connectivity index (χ1n) is 8.04. The molecule has 0 fully saturated rings. The first-order chi connectivity index (χ1) is 11.2. The highest BCUT2D eigenvalue weighted by atomic mass is 19.1. The van der Waals surface area contributed by atoms with Crippen LogP contribution in [0.3, 0.4) is 0 Å². The van der Waals surface area contributed by atoms with Gasteiger partial charge in [0.2, 0.25) is 5.91 Å². The van der Waals surface area contributed by atoms with E-state index in [-0.39, 0.29) is 18.1 Å². The second-order valence-corrected chi connectivity index (χ2v) is 5.36. The maximum atomic E-state index is 13.5. The van der Waals surface area contributed by atoms with Crippen molar-refractivity contribution in [3.63, 3.8) is 0 Å². The van der Waals surface area contributed by atoms with Gasteiger partial charge in [-0.15, -0.1) is 0 Å². The number of carbonyl (C=O) groups excluding carboxylic acids is 1. The van der Waals surface area contributed by atoms with E-state index >= 15 is 0 Å². The standard InChI is InChI=1S/C19H23FN2O/c1-3-14-8-7-9-15(4-2)19(14)22-18(23)12-13-21-17-11-6-5-10-16(17)20/h5-11,21H,3-4,12-13H2,1-2H3,(H,22,23). The molecule has 23 heavy (non-hydrogen) atoms. The molecule has 2 aromatic carbocycles. The molecule has 0 aliphatic heterocycles. The van der Waals surface area contributed by atoms with Crippen molar-refractivity contribution in [2.45, 2.75) is 33.1 Å². The van der Waals surface area contributed by atoms with Gasteiger partial charge in [-0.05, 0) is 36.1 Å². The Labute approximate surface area is 136 Å². The van der Waals surface area contributed by atoms with Gasteiger partial charge in [0.1, 0.15) is 5.82 Å². The third kappa shape index (κ3) is 4.55. The number of anilines is 2. The highest BCUT2D eigenvalue weighted by Crippen LogP contribution is 2.22. The van der Waals surface area contributed by atoms with E-state index in [4.69, 9.17) is 0 Å². The molecule has 0 radical (unpaired) electrons. The molecule has 0 aliphatic carbocycles. The van der Waals surface area contributed by atoms with Crippen LogP contribution in [0.25, 0.3) is 0 Å². The quantitative estimate of drug-likeness (QED) is 0.795. The van der Waals surface area contributed by atoms with Gasteiger partial charge >= 0.3 is 0 Å². The average Bonchev–Trinajstić information content (AvgIpc) is 2.56. The van der Waals surface area contributed by atoms with Crippen LogP contribution in [-0.4, -0.2) is 12.5 Å². The van der Waals surface area contributed by atoms with E-state index in [1.165, 1.54) is 6.07 Å². The number of hydrogen-bond acceptors (Lipinski definition) is 2. The molecule has 0 spiro atoms. The predicted molar refractivity (Wildman–Crippen MR) is 93.3 cm³/mol. The van der Waals surface area contributed by atoms with Gasteiger partial charge in [-0.25, -0.2) is 4.39 Å². The molecule has 0 unspecified atom stereocenters. The fourth-order valence-electron chi connectivity index (χ4n) is 2.52. The number of para-hydroxylation sites is 2. The van der Waals surface area contributed by atoms with Crippen molar-refractivity contribution in [3.8, 4) is 0 Å². The average molecular weight is 314 g/mol.